The van der Waals surface area contributed by atoms with Gasteiger partial charge in [-0.05, 0) is 30.3 Å². The van der Waals surface area contributed by atoms with Gasteiger partial charge in [-0.2, -0.15) is 5.10 Å². The largest absolute Gasteiger partial charge is 0.326 e. The molecule has 0 saturated heterocycles. The first-order valence-corrected chi connectivity index (χ1v) is 7.49. The Morgan fingerprint density at radius 1 is 1.21 bits per heavy atom. The molecule has 1 amide bonds. The van der Waals surface area contributed by atoms with E-state index in [0.717, 1.165) is 0 Å². The number of nitrogens with zero attached hydrogens (tertiary/aromatic N) is 2. The fraction of sp³-hybridized carbons (Fsp3) is 0.105. The monoisotopic (exact) mass is 317 g/mol. The molecule has 0 fully saturated rings. The number of para-hydroxylation sites is 1. The molecule has 3 aromatic rings. The van der Waals surface area contributed by atoms with Crippen LogP contribution in [0.5, 0.6) is 0 Å². The van der Waals surface area contributed by atoms with Crippen LogP contribution in [0.1, 0.15) is 12.0 Å². The van der Waals surface area contributed by atoms with Crippen molar-refractivity contribution in [3.8, 4) is 12.3 Å². The Hall–Kier alpha value is -3.39. The maximum absolute atomic E-state index is 12.1. The molecule has 3 rings (SSSR count). The molecule has 0 bridgehead atoms. The van der Waals surface area contributed by atoms with Gasteiger partial charge in [-0.1, -0.05) is 24.1 Å². The number of benzene rings is 2. The van der Waals surface area contributed by atoms with Crippen molar-refractivity contribution in [1.82, 2.24) is 9.78 Å². The average Bonchev–Trinajstić information content (AvgIpc) is 2.61. The van der Waals surface area contributed by atoms with Crippen LogP contribution in [0.15, 0.2) is 59.5 Å². The third-order valence-corrected chi connectivity index (χ3v) is 3.63. The Labute approximate surface area is 138 Å². The first-order chi connectivity index (χ1) is 11.7. The highest BCUT2D eigenvalue weighted by Crippen LogP contribution is 2.11. The van der Waals surface area contributed by atoms with Gasteiger partial charge in [-0.25, -0.2) is 0 Å². The summed E-state index contributed by atoms with van der Waals surface area (Å²) in [5.74, 6) is 2.38. The molecule has 0 atom stereocenters. The lowest BCUT2D eigenvalue weighted by molar-refractivity contribution is -0.116. The van der Waals surface area contributed by atoms with E-state index in [-0.39, 0.29) is 17.8 Å². The van der Waals surface area contributed by atoms with Gasteiger partial charge < -0.3 is 5.32 Å². The van der Waals surface area contributed by atoms with Crippen LogP contribution < -0.4 is 10.7 Å². The minimum atomic E-state index is -0.145. The molecule has 0 saturated carbocycles. The number of aromatic nitrogens is 2. The Morgan fingerprint density at radius 2 is 2.04 bits per heavy atom. The van der Waals surface area contributed by atoms with Crippen molar-refractivity contribution in [1.29, 1.82) is 0 Å². The van der Waals surface area contributed by atoms with Gasteiger partial charge in [0, 0.05) is 23.1 Å². The van der Waals surface area contributed by atoms with Crippen LogP contribution in [-0.2, 0) is 11.3 Å². The molecule has 5 nitrogen and oxygen atoms in total. The number of rotatable bonds is 4. The van der Waals surface area contributed by atoms with Gasteiger partial charge in [-0.15, -0.1) is 6.42 Å². The number of amides is 1. The molecule has 118 valence electrons. The van der Waals surface area contributed by atoms with E-state index in [1.165, 1.54) is 6.20 Å². The van der Waals surface area contributed by atoms with E-state index in [9.17, 15) is 9.59 Å². The smallest absolute Gasteiger partial charge is 0.226 e. The molecule has 2 aromatic carbocycles. The molecule has 0 aliphatic heterocycles. The lowest BCUT2D eigenvalue weighted by atomic mass is 10.2. The van der Waals surface area contributed by atoms with Gasteiger partial charge in [0.25, 0.3) is 0 Å². The van der Waals surface area contributed by atoms with Crippen molar-refractivity contribution in [2.24, 2.45) is 0 Å². The van der Waals surface area contributed by atoms with Gasteiger partial charge in [0.05, 0.1) is 18.3 Å². The topological polar surface area (TPSA) is 64.0 Å². The van der Waals surface area contributed by atoms with E-state index in [4.69, 9.17) is 6.42 Å². The number of anilines is 1. The zero-order valence-corrected chi connectivity index (χ0v) is 12.9. The second-order valence-corrected chi connectivity index (χ2v) is 5.27. The highest BCUT2D eigenvalue weighted by atomic mass is 16.1. The Morgan fingerprint density at radius 3 is 2.88 bits per heavy atom. The lowest BCUT2D eigenvalue weighted by Gasteiger charge is -2.09. The second-order valence-electron chi connectivity index (χ2n) is 5.27. The molecular formula is C19H15N3O2. The maximum Gasteiger partial charge on any atom is 0.226 e. The quantitative estimate of drug-likeness (QED) is 0.752. The first-order valence-electron chi connectivity index (χ1n) is 7.49. The molecule has 24 heavy (non-hydrogen) atoms. The number of terminal acetylenes is 1. The van der Waals surface area contributed by atoms with Crippen LogP contribution in [0.4, 0.5) is 5.69 Å². The lowest BCUT2D eigenvalue weighted by Crippen LogP contribution is -2.18. The predicted molar refractivity (Wildman–Crippen MR) is 93.6 cm³/mol. The van der Waals surface area contributed by atoms with Gasteiger partial charge in [0.1, 0.15) is 0 Å². The predicted octanol–water partition coefficient (Wildman–Crippen LogP) is 2.41. The highest BCUT2D eigenvalue weighted by Gasteiger charge is 2.07. The van der Waals surface area contributed by atoms with E-state index >= 15 is 0 Å². The summed E-state index contributed by atoms with van der Waals surface area (Å²) in [4.78, 5) is 23.9. The van der Waals surface area contributed by atoms with E-state index < -0.39 is 0 Å². The van der Waals surface area contributed by atoms with Crippen molar-refractivity contribution in [2.45, 2.75) is 13.0 Å². The van der Waals surface area contributed by atoms with Crippen LogP contribution in [0, 0.1) is 12.3 Å². The summed E-state index contributed by atoms with van der Waals surface area (Å²) in [6.45, 7) is 0.376. The molecule has 0 aliphatic carbocycles. The van der Waals surface area contributed by atoms with Crippen LogP contribution >= 0.6 is 0 Å². The van der Waals surface area contributed by atoms with Crippen molar-refractivity contribution in [2.75, 3.05) is 5.32 Å². The Balaban J connectivity index is 1.72. The van der Waals surface area contributed by atoms with Gasteiger partial charge >= 0.3 is 0 Å². The second kappa shape index (κ2) is 6.80. The van der Waals surface area contributed by atoms with Crippen molar-refractivity contribution in [3.05, 3.63) is 70.5 Å². The summed E-state index contributed by atoms with van der Waals surface area (Å²) in [5, 5.41) is 7.51. The number of carbonyl (C=O) groups is 1. The van der Waals surface area contributed by atoms with Crippen LogP contribution in [0.2, 0.25) is 0 Å². The summed E-state index contributed by atoms with van der Waals surface area (Å²) in [6.07, 6.45) is 6.86. The van der Waals surface area contributed by atoms with Gasteiger partial charge in [0.2, 0.25) is 11.3 Å². The maximum atomic E-state index is 12.1. The molecule has 0 spiro atoms. The highest BCUT2D eigenvalue weighted by molar-refractivity contribution is 5.91. The van der Waals surface area contributed by atoms with Crippen molar-refractivity contribution < 1.29 is 4.79 Å². The van der Waals surface area contributed by atoms with E-state index in [0.29, 0.717) is 28.7 Å². The number of aryl methyl sites for hydroxylation is 1. The van der Waals surface area contributed by atoms with E-state index in [1.807, 2.05) is 12.1 Å². The van der Waals surface area contributed by atoms with Crippen LogP contribution in [-0.4, -0.2) is 15.7 Å². The molecular weight excluding hydrogens is 302 g/mol. The molecule has 0 radical (unpaired) electrons. The number of hydrogen-bond acceptors (Lipinski definition) is 3. The number of carbonyl (C=O) groups excluding carboxylic acids is 1. The molecule has 1 N–H and O–H groups in total. The Bertz CT molecular complexity index is 999. The molecule has 1 heterocycles. The van der Waals surface area contributed by atoms with E-state index in [2.05, 4.69) is 16.3 Å². The summed E-state index contributed by atoms with van der Waals surface area (Å²) >= 11 is 0. The number of fused-ring (bicyclic) bond motifs is 1. The normalized spacial score (nSPS) is 10.3. The number of hydrogen-bond donors (Lipinski definition) is 1. The number of nitrogens with one attached hydrogen (secondary N) is 1. The minimum Gasteiger partial charge on any atom is -0.326 e. The SMILES string of the molecule is C#Cc1cccc(NC(=O)CCn2ncc(=O)c3ccccc32)c1. The molecule has 0 unspecified atom stereocenters. The third-order valence-electron chi connectivity index (χ3n) is 3.63. The average molecular weight is 317 g/mol. The fourth-order valence-electron chi connectivity index (χ4n) is 2.46. The van der Waals surface area contributed by atoms with E-state index in [1.54, 1.807) is 41.1 Å². The Kier molecular flexibility index (Phi) is 4.39. The summed E-state index contributed by atoms with van der Waals surface area (Å²) in [7, 11) is 0. The summed E-state index contributed by atoms with van der Waals surface area (Å²) < 4.78 is 1.66. The fourth-order valence-corrected chi connectivity index (χ4v) is 2.46. The molecule has 1 aromatic heterocycles. The van der Waals surface area contributed by atoms with Crippen LogP contribution in [0.25, 0.3) is 10.9 Å². The van der Waals surface area contributed by atoms with Gasteiger partial charge in [-0.3, -0.25) is 14.3 Å². The summed E-state index contributed by atoms with van der Waals surface area (Å²) in [6, 6.07) is 14.3. The zero-order valence-electron chi connectivity index (χ0n) is 12.9. The van der Waals surface area contributed by atoms with Crippen molar-refractivity contribution in [3.63, 3.8) is 0 Å². The molecule has 5 heteroatoms. The zero-order chi connectivity index (χ0) is 16.9. The standard InChI is InChI=1S/C19H15N3O2/c1-2-14-6-5-7-15(12-14)21-19(24)10-11-22-17-9-4-3-8-16(17)18(23)13-20-22/h1,3-9,12-13H,10-11H2,(H,21,24). The van der Waals surface area contributed by atoms with Crippen LogP contribution in [0.3, 0.4) is 0 Å². The first kappa shape index (κ1) is 15.5. The molecule has 0 aliphatic rings. The third kappa shape index (κ3) is 3.33. The van der Waals surface area contributed by atoms with Gasteiger partial charge in [0.15, 0.2) is 0 Å². The minimum absolute atomic E-state index is 0.127. The summed E-state index contributed by atoms with van der Waals surface area (Å²) in [5.41, 5.74) is 1.96. The van der Waals surface area contributed by atoms with Crippen molar-refractivity contribution >= 4 is 22.5 Å².